The van der Waals surface area contributed by atoms with Gasteiger partial charge in [-0.2, -0.15) is 11.8 Å². The third kappa shape index (κ3) is 3.30. The Hall–Kier alpha value is -0.710. The van der Waals surface area contributed by atoms with E-state index in [4.69, 9.17) is 0 Å². The predicted octanol–water partition coefficient (Wildman–Crippen LogP) is 2.18. The van der Waals surface area contributed by atoms with E-state index < -0.39 is 5.54 Å². The van der Waals surface area contributed by atoms with Gasteiger partial charge in [0.2, 0.25) is 11.8 Å². The molecule has 20 heavy (non-hydrogen) atoms. The lowest BCUT2D eigenvalue weighted by Crippen LogP contribution is -2.56. The second-order valence-electron chi connectivity index (χ2n) is 5.94. The normalized spacial score (nSPS) is 25.9. The van der Waals surface area contributed by atoms with Crippen molar-refractivity contribution in [3.8, 4) is 0 Å². The summed E-state index contributed by atoms with van der Waals surface area (Å²) in [6.07, 6.45) is 5.15. The largest absolute Gasteiger partial charge is 0.342 e. The summed E-state index contributed by atoms with van der Waals surface area (Å²) in [6.45, 7) is 4.93. The third-order valence-corrected chi connectivity index (χ3v) is 5.40. The standard InChI is InChI=1S/C15H26N2O2S/c1-3-20-10-6-9-17-12(2)11-13(18)16-15(14(17)19)7-4-5-8-15/h12H,3-11H2,1-2H3,(H,16,18). The average molecular weight is 298 g/mol. The first-order chi connectivity index (χ1) is 9.59. The first-order valence-corrected chi connectivity index (χ1v) is 8.94. The van der Waals surface area contributed by atoms with E-state index in [1.54, 1.807) is 0 Å². The van der Waals surface area contributed by atoms with Crippen LogP contribution in [0.1, 0.15) is 52.4 Å². The Labute approximate surface area is 126 Å². The quantitative estimate of drug-likeness (QED) is 0.792. The van der Waals surface area contributed by atoms with Crippen LogP contribution in [0.4, 0.5) is 0 Å². The zero-order valence-corrected chi connectivity index (χ0v) is 13.4. The highest BCUT2D eigenvalue weighted by atomic mass is 32.2. The molecule has 2 amide bonds. The lowest BCUT2D eigenvalue weighted by Gasteiger charge is -2.34. The number of nitrogens with one attached hydrogen (secondary N) is 1. The molecule has 1 unspecified atom stereocenters. The molecule has 1 aliphatic heterocycles. The molecule has 0 bridgehead atoms. The summed E-state index contributed by atoms with van der Waals surface area (Å²) in [7, 11) is 0. The molecule has 1 atom stereocenters. The average Bonchev–Trinajstić information content (AvgIpc) is 2.84. The van der Waals surface area contributed by atoms with Crippen molar-refractivity contribution in [3.63, 3.8) is 0 Å². The maximum atomic E-state index is 12.9. The second-order valence-corrected chi connectivity index (χ2v) is 7.33. The summed E-state index contributed by atoms with van der Waals surface area (Å²) < 4.78 is 0. The molecule has 2 rings (SSSR count). The van der Waals surface area contributed by atoms with E-state index in [-0.39, 0.29) is 17.9 Å². The molecule has 0 radical (unpaired) electrons. The lowest BCUT2D eigenvalue weighted by atomic mass is 9.95. The highest BCUT2D eigenvalue weighted by molar-refractivity contribution is 7.99. The molecule has 1 aliphatic carbocycles. The summed E-state index contributed by atoms with van der Waals surface area (Å²) >= 11 is 1.91. The molecule has 0 aromatic rings. The zero-order valence-electron chi connectivity index (χ0n) is 12.6. The maximum absolute atomic E-state index is 12.9. The highest BCUT2D eigenvalue weighted by Gasteiger charge is 2.47. The Morgan fingerprint density at radius 1 is 1.35 bits per heavy atom. The summed E-state index contributed by atoms with van der Waals surface area (Å²) in [6, 6.07) is 0.0223. The van der Waals surface area contributed by atoms with Gasteiger partial charge in [0, 0.05) is 19.0 Å². The van der Waals surface area contributed by atoms with Crippen molar-refractivity contribution in [2.45, 2.75) is 64.0 Å². The number of amides is 2. The van der Waals surface area contributed by atoms with Crippen LogP contribution in [0.15, 0.2) is 0 Å². The van der Waals surface area contributed by atoms with E-state index in [0.717, 1.165) is 50.2 Å². The van der Waals surface area contributed by atoms with Crippen LogP contribution in [0.5, 0.6) is 0 Å². The minimum absolute atomic E-state index is 0.0223. The molecule has 5 heteroatoms. The fraction of sp³-hybridized carbons (Fsp3) is 0.867. The number of nitrogens with zero attached hydrogens (tertiary/aromatic N) is 1. The van der Waals surface area contributed by atoms with Crippen molar-refractivity contribution >= 4 is 23.6 Å². The number of hydrogen-bond donors (Lipinski definition) is 1. The van der Waals surface area contributed by atoms with Gasteiger partial charge in [0.25, 0.3) is 0 Å². The van der Waals surface area contributed by atoms with Crippen LogP contribution in [0.2, 0.25) is 0 Å². The van der Waals surface area contributed by atoms with Gasteiger partial charge >= 0.3 is 0 Å². The topological polar surface area (TPSA) is 49.4 Å². The molecule has 1 heterocycles. The molecule has 0 aromatic heterocycles. The van der Waals surface area contributed by atoms with Crippen molar-refractivity contribution in [2.75, 3.05) is 18.1 Å². The fourth-order valence-electron chi connectivity index (χ4n) is 3.35. The van der Waals surface area contributed by atoms with Crippen molar-refractivity contribution in [1.82, 2.24) is 10.2 Å². The Balaban J connectivity index is 2.07. The van der Waals surface area contributed by atoms with Crippen molar-refractivity contribution in [2.24, 2.45) is 0 Å². The van der Waals surface area contributed by atoms with Crippen LogP contribution in [-0.2, 0) is 9.59 Å². The minimum atomic E-state index is -0.584. The summed E-state index contributed by atoms with van der Waals surface area (Å²) in [5.41, 5.74) is -0.584. The van der Waals surface area contributed by atoms with Crippen LogP contribution in [0, 0.1) is 0 Å². The molecular weight excluding hydrogens is 272 g/mol. The van der Waals surface area contributed by atoms with Gasteiger partial charge < -0.3 is 10.2 Å². The Kier molecular flexibility index (Phi) is 5.35. The molecular formula is C15H26N2O2S. The minimum Gasteiger partial charge on any atom is -0.342 e. The van der Waals surface area contributed by atoms with E-state index in [2.05, 4.69) is 12.2 Å². The van der Waals surface area contributed by atoms with Crippen LogP contribution >= 0.6 is 11.8 Å². The van der Waals surface area contributed by atoms with Gasteiger partial charge in [-0.15, -0.1) is 0 Å². The summed E-state index contributed by atoms with van der Waals surface area (Å²) in [5, 5.41) is 3.03. The van der Waals surface area contributed by atoms with E-state index in [1.807, 2.05) is 23.6 Å². The molecule has 2 fully saturated rings. The van der Waals surface area contributed by atoms with E-state index in [0.29, 0.717) is 6.42 Å². The Morgan fingerprint density at radius 2 is 2.05 bits per heavy atom. The monoisotopic (exact) mass is 298 g/mol. The highest BCUT2D eigenvalue weighted by Crippen LogP contribution is 2.34. The molecule has 4 nitrogen and oxygen atoms in total. The number of carbonyl (C=O) groups is 2. The van der Waals surface area contributed by atoms with Crippen molar-refractivity contribution in [3.05, 3.63) is 0 Å². The first-order valence-electron chi connectivity index (χ1n) is 7.79. The second kappa shape index (κ2) is 6.83. The lowest BCUT2D eigenvalue weighted by molar-refractivity contribution is -0.139. The Bertz CT molecular complexity index is 367. The van der Waals surface area contributed by atoms with Gasteiger partial charge in [-0.1, -0.05) is 19.8 Å². The van der Waals surface area contributed by atoms with Crippen molar-refractivity contribution < 1.29 is 9.59 Å². The number of carbonyl (C=O) groups excluding carboxylic acids is 2. The van der Waals surface area contributed by atoms with Crippen LogP contribution < -0.4 is 5.32 Å². The molecule has 2 aliphatic rings. The predicted molar refractivity (Wildman–Crippen MR) is 82.7 cm³/mol. The third-order valence-electron chi connectivity index (χ3n) is 4.41. The fourth-order valence-corrected chi connectivity index (χ4v) is 3.97. The van der Waals surface area contributed by atoms with Gasteiger partial charge in [0.1, 0.15) is 5.54 Å². The molecule has 1 saturated heterocycles. The summed E-state index contributed by atoms with van der Waals surface area (Å²) in [5.74, 6) is 2.41. The van der Waals surface area contributed by atoms with Crippen LogP contribution in [0.3, 0.4) is 0 Å². The van der Waals surface area contributed by atoms with Gasteiger partial charge in [-0.05, 0) is 37.7 Å². The molecule has 1 spiro atoms. The smallest absolute Gasteiger partial charge is 0.248 e. The van der Waals surface area contributed by atoms with Crippen LogP contribution in [-0.4, -0.2) is 46.3 Å². The Morgan fingerprint density at radius 3 is 2.70 bits per heavy atom. The SMILES string of the molecule is CCSCCCN1C(=O)C2(CCCC2)NC(=O)CC1C. The number of thioether (sulfide) groups is 1. The molecule has 1 N–H and O–H groups in total. The van der Waals surface area contributed by atoms with E-state index >= 15 is 0 Å². The number of hydrogen-bond acceptors (Lipinski definition) is 3. The number of rotatable bonds is 5. The first kappa shape index (κ1) is 15.7. The summed E-state index contributed by atoms with van der Waals surface area (Å²) in [4.78, 5) is 26.9. The van der Waals surface area contributed by atoms with E-state index in [9.17, 15) is 9.59 Å². The van der Waals surface area contributed by atoms with Crippen molar-refractivity contribution in [1.29, 1.82) is 0 Å². The van der Waals surface area contributed by atoms with Gasteiger partial charge in [-0.25, -0.2) is 0 Å². The molecule has 1 saturated carbocycles. The van der Waals surface area contributed by atoms with Gasteiger partial charge in [-0.3, -0.25) is 9.59 Å². The van der Waals surface area contributed by atoms with Gasteiger partial charge in [0.05, 0.1) is 0 Å². The molecule has 0 aromatic carbocycles. The van der Waals surface area contributed by atoms with E-state index in [1.165, 1.54) is 0 Å². The zero-order chi connectivity index (χ0) is 14.6. The van der Waals surface area contributed by atoms with Gasteiger partial charge in [0.15, 0.2) is 0 Å². The van der Waals surface area contributed by atoms with Crippen LogP contribution in [0.25, 0.3) is 0 Å². The molecule has 114 valence electrons. The maximum Gasteiger partial charge on any atom is 0.248 e.